The summed E-state index contributed by atoms with van der Waals surface area (Å²) in [6.45, 7) is 1.74. The van der Waals surface area contributed by atoms with Crippen molar-refractivity contribution in [3.05, 3.63) is 111 Å². The Balaban J connectivity index is 1.54. The summed E-state index contributed by atoms with van der Waals surface area (Å²) in [6, 6.07) is 23.8. The van der Waals surface area contributed by atoms with Crippen molar-refractivity contribution in [2.24, 2.45) is 0 Å². The number of nitrogens with zero attached hydrogens (tertiary/aromatic N) is 1. The first-order valence-corrected chi connectivity index (χ1v) is 12.4. The molecule has 0 fully saturated rings. The largest absolute Gasteiger partial charge is 0.488 e. The Morgan fingerprint density at radius 3 is 2.49 bits per heavy atom. The summed E-state index contributed by atoms with van der Waals surface area (Å²) < 4.78 is 13.3. The molecule has 0 spiro atoms. The van der Waals surface area contributed by atoms with E-state index >= 15 is 0 Å². The van der Waals surface area contributed by atoms with Crippen molar-refractivity contribution in [3.63, 3.8) is 0 Å². The van der Waals surface area contributed by atoms with Gasteiger partial charge in [0.25, 0.3) is 0 Å². The standard InChI is InChI=1S/C28H26BrClN2O3/c29-28-22(9-4-10-24(28)21-7-2-1-3-8-21)19-35-27-15-26(34-18-20-6-5-11-31-16-20)23(14-25(27)30)17-32-12-13-33/h1-11,14-16,32-33H,12-13,17-19H2. The maximum absolute atomic E-state index is 9.11. The SMILES string of the molecule is OCCNCc1cc(Cl)c(OCc2cccc(-c3ccccc3)c2Br)cc1OCc1cccnc1. The molecule has 0 radical (unpaired) electrons. The Morgan fingerprint density at radius 1 is 0.886 bits per heavy atom. The molecule has 7 heteroatoms. The third-order valence-corrected chi connectivity index (χ3v) is 6.61. The zero-order valence-electron chi connectivity index (χ0n) is 19.1. The summed E-state index contributed by atoms with van der Waals surface area (Å²) in [6.07, 6.45) is 3.50. The van der Waals surface area contributed by atoms with Crippen LogP contribution in [0.5, 0.6) is 11.5 Å². The lowest BCUT2D eigenvalue weighted by atomic mass is 10.0. The Bertz CT molecular complexity index is 1240. The number of aliphatic hydroxyl groups excluding tert-OH is 1. The lowest BCUT2D eigenvalue weighted by Crippen LogP contribution is -2.18. The number of hydrogen-bond donors (Lipinski definition) is 2. The second-order valence-electron chi connectivity index (χ2n) is 7.87. The molecule has 4 rings (SSSR count). The number of pyridine rings is 1. The number of aromatic nitrogens is 1. The van der Waals surface area contributed by atoms with Crippen molar-refractivity contribution >= 4 is 27.5 Å². The van der Waals surface area contributed by atoms with Gasteiger partial charge in [-0.15, -0.1) is 0 Å². The number of halogens is 2. The van der Waals surface area contributed by atoms with Gasteiger partial charge in [0, 0.05) is 52.7 Å². The lowest BCUT2D eigenvalue weighted by molar-refractivity contribution is 0.282. The van der Waals surface area contributed by atoms with E-state index in [4.69, 9.17) is 26.2 Å². The fraction of sp³-hybridized carbons (Fsp3) is 0.179. The van der Waals surface area contributed by atoms with Crippen LogP contribution >= 0.6 is 27.5 Å². The summed E-state index contributed by atoms with van der Waals surface area (Å²) in [5, 5.41) is 12.8. The van der Waals surface area contributed by atoms with E-state index < -0.39 is 0 Å². The van der Waals surface area contributed by atoms with Crippen molar-refractivity contribution in [3.8, 4) is 22.6 Å². The Morgan fingerprint density at radius 2 is 1.71 bits per heavy atom. The molecule has 0 unspecified atom stereocenters. The lowest BCUT2D eigenvalue weighted by Gasteiger charge is -2.17. The highest BCUT2D eigenvalue weighted by atomic mass is 79.9. The highest BCUT2D eigenvalue weighted by Gasteiger charge is 2.14. The number of rotatable bonds is 11. The van der Waals surface area contributed by atoms with Crippen molar-refractivity contribution in [1.82, 2.24) is 10.3 Å². The zero-order chi connectivity index (χ0) is 24.5. The van der Waals surface area contributed by atoms with Crippen LogP contribution in [-0.4, -0.2) is 23.2 Å². The van der Waals surface area contributed by atoms with Gasteiger partial charge in [-0.25, -0.2) is 0 Å². The number of benzene rings is 3. The third-order valence-electron chi connectivity index (χ3n) is 5.38. The second-order valence-corrected chi connectivity index (χ2v) is 9.07. The smallest absolute Gasteiger partial charge is 0.142 e. The molecule has 1 aromatic heterocycles. The van der Waals surface area contributed by atoms with E-state index in [0.717, 1.165) is 32.3 Å². The average molecular weight is 554 g/mol. The van der Waals surface area contributed by atoms with Crippen LogP contribution in [0.4, 0.5) is 0 Å². The minimum Gasteiger partial charge on any atom is -0.488 e. The zero-order valence-corrected chi connectivity index (χ0v) is 21.4. The molecule has 3 aromatic carbocycles. The molecule has 2 N–H and O–H groups in total. The predicted octanol–water partition coefficient (Wildman–Crippen LogP) is 6.40. The van der Waals surface area contributed by atoms with Gasteiger partial charge in [0.15, 0.2) is 0 Å². The van der Waals surface area contributed by atoms with Crippen molar-refractivity contribution in [2.45, 2.75) is 19.8 Å². The summed E-state index contributed by atoms with van der Waals surface area (Å²) in [7, 11) is 0. The van der Waals surface area contributed by atoms with Gasteiger partial charge in [0.1, 0.15) is 24.7 Å². The van der Waals surface area contributed by atoms with Gasteiger partial charge in [-0.2, -0.15) is 0 Å². The van der Waals surface area contributed by atoms with Crippen LogP contribution in [0.1, 0.15) is 16.7 Å². The van der Waals surface area contributed by atoms with Crippen LogP contribution in [0.2, 0.25) is 5.02 Å². The quantitative estimate of drug-likeness (QED) is 0.210. The van der Waals surface area contributed by atoms with E-state index in [1.165, 1.54) is 0 Å². The van der Waals surface area contributed by atoms with Gasteiger partial charge in [-0.05, 0) is 39.2 Å². The normalized spacial score (nSPS) is 10.8. The number of aliphatic hydroxyl groups is 1. The van der Waals surface area contributed by atoms with Crippen LogP contribution in [-0.2, 0) is 19.8 Å². The fourth-order valence-electron chi connectivity index (χ4n) is 3.59. The molecule has 180 valence electrons. The van der Waals surface area contributed by atoms with Gasteiger partial charge in [-0.3, -0.25) is 4.98 Å². The first-order valence-electron chi connectivity index (χ1n) is 11.3. The number of ether oxygens (including phenoxy) is 2. The second kappa shape index (κ2) is 12.7. The Labute approximate surface area is 218 Å². The van der Waals surface area contributed by atoms with E-state index in [2.05, 4.69) is 44.4 Å². The molecule has 0 aliphatic carbocycles. The minimum absolute atomic E-state index is 0.0533. The first-order chi connectivity index (χ1) is 17.2. The predicted molar refractivity (Wildman–Crippen MR) is 143 cm³/mol. The van der Waals surface area contributed by atoms with Gasteiger partial charge >= 0.3 is 0 Å². The highest BCUT2D eigenvalue weighted by molar-refractivity contribution is 9.10. The van der Waals surface area contributed by atoms with Crippen molar-refractivity contribution in [1.29, 1.82) is 0 Å². The molecule has 0 aliphatic rings. The molecule has 0 saturated carbocycles. The molecule has 0 saturated heterocycles. The Kier molecular flexibility index (Phi) is 9.15. The minimum atomic E-state index is 0.0533. The van der Waals surface area contributed by atoms with E-state index in [-0.39, 0.29) is 6.61 Å². The van der Waals surface area contributed by atoms with Crippen molar-refractivity contribution < 1.29 is 14.6 Å². The summed E-state index contributed by atoms with van der Waals surface area (Å²) in [5.41, 5.74) is 5.08. The monoisotopic (exact) mass is 552 g/mol. The topological polar surface area (TPSA) is 63.6 Å². The summed E-state index contributed by atoms with van der Waals surface area (Å²) in [5.74, 6) is 1.20. The molecule has 0 atom stereocenters. The summed E-state index contributed by atoms with van der Waals surface area (Å²) in [4.78, 5) is 4.14. The maximum atomic E-state index is 9.11. The molecule has 5 nitrogen and oxygen atoms in total. The summed E-state index contributed by atoms with van der Waals surface area (Å²) >= 11 is 10.3. The van der Waals surface area contributed by atoms with Gasteiger partial charge in [0.05, 0.1) is 11.6 Å². The van der Waals surface area contributed by atoms with Crippen LogP contribution < -0.4 is 14.8 Å². The van der Waals surface area contributed by atoms with E-state index in [0.29, 0.717) is 42.8 Å². The highest BCUT2D eigenvalue weighted by Crippen LogP contribution is 2.36. The molecule has 1 heterocycles. The molecule has 0 bridgehead atoms. The van der Waals surface area contributed by atoms with Crippen LogP contribution in [0.15, 0.2) is 89.7 Å². The molecule has 0 amide bonds. The molecule has 4 aromatic rings. The number of hydrogen-bond acceptors (Lipinski definition) is 5. The number of nitrogens with one attached hydrogen (secondary N) is 1. The van der Waals surface area contributed by atoms with Gasteiger partial charge in [-0.1, -0.05) is 66.2 Å². The van der Waals surface area contributed by atoms with E-state index in [1.54, 1.807) is 12.4 Å². The van der Waals surface area contributed by atoms with Crippen molar-refractivity contribution in [2.75, 3.05) is 13.2 Å². The molecular formula is C28H26BrClN2O3. The van der Waals surface area contributed by atoms with Gasteiger partial charge < -0.3 is 19.9 Å². The van der Waals surface area contributed by atoms with Gasteiger partial charge in [0.2, 0.25) is 0 Å². The van der Waals surface area contributed by atoms with Crippen LogP contribution in [0.25, 0.3) is 11.1 Å². The van der Waals surface area contributed by atoms with Crippen LogP contribution in [0, 0.1) is 0 Å². The molecule has 0 aliphatic heterocycles. The third kappa shape index (κ3) is 6.83. The molecular weight excluding hydrogens is 528 g/mol. The first kappa shape index (κ1) is 25.2. The Hall–Kier alpha value is -2.90. The van der Waals surface area contributed by atoms with E-state index in [9.17, 15) is 0 Å². The average Bonchev–Trinajstić information content (AvgIpc) is 2.89. The maximum Gasteiger partial charge on any atom is 0.142 e. The molecule has 35 heavy (non-hydrogen) atoms. The van der Waals surface area contributed by atoms with E-state index in [1.807, 2.05) is 54.6 Å². The van der Waals surface area contributed by atoms with Crippen LogP contribution in [0.3, 0.4) is 0 Å². The fourth-order valence-corrected chi connectivity index (χ4v) is 4.44.